The van der Waals surface area contributed by atoms with Crippen LogP contribution < -0.4 is 4.90 Å². The molecule has 1 aliphatic heterocycles. The molecule has 0 atom stereocenters. The zero-order valence-electron chi connectivity index (χ0n) is 31.0. The lowest BCUT2D eigenvalue weighted by Gasteiger charge is -2.32. The quantitative estimate of drug-likeness (QED) is 0.0608. The zero-order valence-corrected chi connectivity index (χ0v) is 32.6. The van der Waals surface area contributed by atoms with Gasteiger partial charge in [-0.3, -0.25) is 9.59 Å². The fourth-order valence-electron chi connectivity index (χ4n) is 8.66. The van der Waals surface area contributed by atoms with Crippen LogP contribution in [0.15, 0.2) is 97.1 Å². The van der Waals surface area contributed by atoms with Crippen LogP contribution in [0.4, 0.5) is 5.69 Å². The van der Waals surface area contributed by atoms with Crippen LogP contribution in [0.3, 0.4) is 0 Å². The number of para-hydroxylation sites is 1. The number of carbonyl (C=O) groups excluding carboxylic acids is 2. The van der Waals surface area contributed by atoms with E-state index in [0.29, 0.717) is 11.1 Å². The lowest BCUT2D eigenvalue weighted by atomic mass is 9.83. The van der Waals surface area contributed by atoms with E-state index < -0.39 is 0 Å². The van der Waals surface area contributed by atoms with E-state index in [1.165, 1.54) is 72.8 Å². The van der Waals surface area contributed by atoms with Gasteiger partial charge in [0.05, 0.1) is 5.69 Å². The maximum absolute atomic E-state index is 14.6. The molecule has 2 aromatic heterocycles. The summed E-state index contributed by atoms with van der Waals surface area (Å²) in [6, 6.07) is 34.6. The van der Waals surface area contributed by atoms with Crippen LogP contribution >= 0.6 is 22.7 Å². The smallest absolute Gasteiger partial charge is 0.266 e. The molecule has 6 aromatic carbocycles. The summed E-state index contributed by atoms with van der Waals surface area (Å²) in [5.41, 5.74) is 5.18. The average molecular weight is 730 g/mol. The van der Waals surface area contributed by atoms with Crippen LogP contribution in [0.1, 0.15) is 109 Å². The number of fused-ring (bicyclic) bond motifs is 2. The standard InChI is InChI=1S/C48H43NO2S2/c1-6-7-8-9-12-29-17-24-41(52-29)42-26-25-40(53-42)32-18-19-35-37-21-23-39-45-38(22-20-36(44(37)45)34-16-11-15-33(32)43(34)35)47(50)49(48(39)51)46-30(27(2)3)13-10-14-31(46)28(4)5/h10-11,13-28H,6-9,12H2,1-5H3. The first-order valence-electron chi connectivity index (χ1n) is 19.1. The van der Waals surface area contributed by atoms with Crippen molar-refractivity contribution in [2.45, 2.75) is 78.6 Å². The first-order valence-corrected chi connectivity index (χ1v) is 20.8. The summed E-state index contributed by atoms with van der Waals surface area (Å²) in [5, 5.41) is 8.66. The summed E-state index contributed by atoms with van der Waals surface area (Å²) < 4.78 is 0. The first-order chi connectivity index (χ1) is 25.8. The Kier molecular flexibility index (Phi) is 8.48. The molecule has 0 spiro atoms. The minimum Gasteiger partial charge on any atom is -0.268 e. The molecule has 0 unspecified atom stereocenters. The Hall–Kier alpha value is -4.84. The van der Waals surface area contributed by atoms with Gasteiger partial charge in [0.25, 0.3) is 11.8 Å². The van der Waals surface area contributed by atoms with Gasteiger partial charge in [0.1, 0.15) is 0 Å². The number of thiophene rings is 2. The van der Waals surface area contributed by atoms with E-state index in [9.17, 15) is 9.59 Å². The number of imide groups is 1. The molecule has 2 amide bonds. The number of anilines is 1. The highest BCUT2D eigenvalue weighted by atomic mass is 32.1. The fraction of sp³-hybridized carbons (Fsp3) is 0.250. The molecule has 0 fully saturated rings. The normalized spacial score (nSPS) is 13.4. The number of unbranched alkanes of at least 4 members (excludes halogenated alkanes) is 3. The molecule has 0 saturated carbocycles. The van der Waals surface area contributed by atoms with Crippen molar-refractivity contribution in [2.75, 3.05) is 4.90 Å². The van der Waals surface area contributed by atoms with Crippen LogP contribution in [-0.4, -0.2) is 11.8 Å². The van der Waals surface area contributed by atoms with Gasteiger partial charge < -0.3 is 0 Å². The van der Waals surface area contributed by atoms with E-state index in [-0.39, 0.29) is 23.7 Å². The molecule has 5 heteroatoms. The molecule has 53 heavy (non-hydrogen) atoms. The summed E-state index contributed by atoms with van der Waals surface area (Å²) in [4.78, 5) is 36.1. The highest BCUT2D eigenvalue weighted by molar-refractivity contribution is 7.24. The van der Waals surface area contributed by atoms with Crippen LogP contribution in [0.5, 0.6) is 0 Å². The van der Waals surface area contributed by atoms with Crippen molar-refractivity contribution in [3.63, 3.8) is 0 Å². The third-order valence-electron chi connectivity index (χ3n) is 11.3. The summed E-state index contributed by atoms with van der Waals surface area (Å²) in [6.45, 7) is 10.8. The van der Waals surface area contributed by atoms with E-state index >= 15 is 0 Å². The number of hydrogen-bond donors (Lipinski definition) is 0. The summed E-state index contributed by atoms with van der Waals surface area (Å²) in [7, 11) is 0. The predicted octanol–water partition coefficient (Wildman–Crippen LogP) is 14.4. The van der Waals surface area contributed by atoms with Crippen LogP contribution in [0.2, 0.25) is 0 Å². The van der Waals surface area contributed by atoms with Gasteiger partial charge in [0.15, 0.2) is 0 Å². The molecule has 9 rings (SSSR count). The topological polar surface area (TPSA) is 37.4 Å². The Labute approximate surface area is 319 Å². The van der Waals surface area contributed by atoms with E-state index in [4.69, 9.17) is 0 Å². The van der Waals surface area contributed by atoms with E-state index in [1.807, 2.05) is 40.9 Å². The number of rotatable bonds is 10. The summed E-state index contributed by atoms with van der Waals surface area (Å²) in [5.74, 6) is -0.193. The fourth-order valence-corrected chi connectivity index (χ4v) is 10.8. The maximum Gasteiger partial charge on any atom is 0.266 e. The lowest BCUT2D eigenvalue weighted by molar-refractivity contribution is 0.0893. The predicted molar refractivity (Wildman–Crippen MR) is 228 cm³/mol. The van der Waals surface area contributed by atoms with Gasteiger partial charge in [-0.2, -0.15) is 0 Å². The third-order valence-corrected chi connectivity index (χ3v) is 13.7. The van der Waals surface area contributed by atoms with E-state index in [2.05, 4.69) is 113 Å². The molecule has 0 saturated heterocycles. The molecule has 3 heterocycles. The van der Waals surface area contributed by atoms with Crippen molar-refractivity contribution in [2.24, 2.45) is 0 Å². The Balaban J connectivity index is 1.17. The van der Waals surface area contributed by atoms with Crippen molar-refractivity contribution in [3.05, 3.63) is 124 Å². The van der Waals surface area contributed by atoms with Gasteiger partial charge in [-0.05, 0) is 115 Å². The number of carbonyl (C=O) groups is 2. The van der Waals surface area contributed by atoms with Crippen molar-refractivity contribution in [1.29, 1.82) is 0 Å². The minimum absolute atomic E-state index is 0.150. The Morgan fingerprint density at radius 2 is 1.06 bits per heavy atom. The Morgan fingerprint density at radius 1 is 0.509 bits per heavy atom. The van der Waals surface area contributed by atoms with Gasteiger partial charge in [-0.25, -0.2) is 4.90 Å². The van der Waals surface area contributed by atoms with Crippen LogP contribution in [0, 0.1) is 0 Å². The number of hydrogen-bond acceptors (Lipinski definition) is 4. The second-order valence-electron chi connectivity index (χ2n) is 15.2. The second kappa shape index (κ2) is 13.2. The number of benzene rings is 6. The minimum atomic E-state index is -0.247. The number of amides is 2. The second-order valence-corrected chi connectivity index (χ2v) is 17.5. The highest BCUT2D eigenvalue weighted by Crippen LogP contribution is 2.48. The molecular formula is C48H43NO2S2. The zero-order chi connectivity index (χ0) is 36.5. The highest BCUT2D eigenvalue weighted by Gasteiger charge is 2.38. The Bertz CT molecular complexity index is 2630. The van der Waals surface area contributed by atoms with Gasteiger partial charge in [0, 0.05) is 36.0 Å². The van der Waals surface area contributed by atoms with E-state index in [1.54, 1.807) is 0 Å². The molecule has 0 N–H and O–H groups in total. The van der Waals surface area contributed by atoms with Gasteiger partial charge in [-0.1, -0.05) is 115 Å². The molecule has 0 bridgehead atoms. The number of aryl methyl sites for hydroxylation is 1. The Morgan fingerprint density at radius 3 is 1.72 bits per heavy atom. The van der Waals surface area contributed by atoms with Gasteiger partial charge in [0.2, 0.25) is 0 Å². The molecule has 0 aliphatic carbocycles. The average Bonchev–Trinajstić information content (AvgIpc) is 3.85. The lowest BCUT2D eigenvalue weighted by Crippen LogP contribution is -2.41. The summed E-state index contributed by atoms with van der Waals surface area (Å²) >= 11 is 3.80. The van der Waals surface area contributed by atoms with Gasteiger partial charge >= 0.3 is 0 Å². The summed E-state index contributed by atoms with van der Waals surface area (Å²) in [6.07, 6.45) is 6.32. The van der Waals surface area contributed by atoms with Crippen molar-refractivity contribution in [1.82, 2.24) is 0 Å². The van der Waals surface area contributed by atoms with Crippen molar-refractivity contribution >= 4 is 83.3 Å². The molecule has 264 valence electrons. The van der Waals surface area contributed by atoms with E-state index in [0.717, 1.165) is 49.1 Å². The SMILES string of the molecule is CCCCCCc1ccc(-c2ccc(-c3ccc4c5ccc6c7c(ccc(c8cccc3c84)c75)C(=O)N(c3c(C(C)C)cccc3C(C)C)C6=O)s2)s1. The third kappa shape index (κ3) is 5.34. The molecule has 3 nitrogen and oxygen atoms in total. The molecular weight excluding hydrogens is 687 g/mol. The molecule has 1 aliphatic rings. The van der Waals surface area contributed by atoms with Crippen molar-refractivity contribution < 1.29 is 9.59 Å². The molecule has 0 radical (unpaired) electrons. The monoisotopic (exact) mass is 729 g/mol. The van der Waals surface area contributed by atoms with Gasteiger partial charge in [-0.15, -0.1) is 22.7 Å². The maximum atomic E-state index is 14.6. The first kappa shape index (κ1) is 34.0. The van der Waals surface area contributed by atoms with Crippen LogP contribution in [0.25, 0.3) is 63.3 Å². The number of nitrogens with zero attached hydrogens (tertiary/aromatic N) is 1. The van der Waals surface area contributed by atoms with Crippen LogP contribution in [-0.2, 0) is 6.42 Å². The largest absolute Gasteiger partial charge is 0.268 e. The van der Waals surface area contributed by atoms with Crippen molar-refractivity contribution in [3.8, 4) is 20.2 Å². The molecule has 8 aromatic rings.